The van der Waals surface area contributed by atoms with Crippen molar-refractivity contribution in [2.24, 2.45) is 5.14 Å². The zero-order valence-electron chi connectivity index (χ0n) is 18.7. The molecule has 2 aromatic carbocycles. The first-order valence-corrected chi connectivity index (χ1v) is 11.9. The van der Waals surface area contributed by atoms with Crippen molar-refractivity contribution >= 4 is 10.0 Å². The SMILES string of the molecule is Cc1c(-c2ccnc(OCC(C)(C)c3cccc(S(N)(=O)=O)c3)c2)cccc1C(C)C. The minimum atomic E-state index is -3.76. The van der Waals surface area contributed by atoms with Gasteiger partial charge in [-0.3, -0.25) is 0 Å². The number of aromatic nitrogens is 1. The number of pyridine rings is 1. The average molecular weight is 439 g/mol. The van der Waals surface area contributed by atoms with Gasteiger partial charge in [-0.05, 0) is 58.9 Å². The van der Waals surface area contributed by atoms with Crippen molar-refractivity contribution < 1.29 is 13.2 Å². The van der Waals surface area contributed by atoms with Gasteiger partial charge in [-0.15, -0.1) is 0 Å². The molecular formula is C25H30N2O3S. The average Bonchev–Trinajstić information content (AvgIpc) is 2.72. The van der Waals surface area contributed by atoms with Gasteiger partial charge in [-0.25, -0.2) is 18.5 Å². The highest BCUT2D eigenvalue weighted by atomic mass is 32.2. The zero-order valence-corrected chi connectivity index (χ0v) is 19.5. The Bertz CT molecular complexity index is 1180. The summed E-state index contributed by atoms with van der Waals surface area (Å²) in [7, 11) is -3.76. The fraction of sp³-hybridized carbons (Fsp3) is 0.320. The lowest BCUT2D eigenvalue weighted by molar-refractivity contribution is 0.232. The lowest BCUT2D eigenvalue weighted by atomic mass is 9.85. The van der Waals surface area contributed by atoms with E-state index in [2.05, 4.69) is 44.0 Å². The number of nitrogens with zero attached hydrogens (tertiary/aromatic N) is 1. The molecule has 1 heterocycles. The number of nitrogens with two attached hydrogens (primary N) is 1. The molecule has 0 bridgehead atoms. The topological polar surface area (TPSA) is 82.3 Å². The van der Waals surface area contributed by atoms with Gasteiger partial charge in [-0.1, -0.05) is 58.0 Å². The van der Waals surface area contributed by atoms with Crippen LogP contribution in [0.4, 0.5) is 0 Å². The molecule has 0 aliphatic carbocycles. The number of hydrogen-bond acceptors (Lipinski definition) is 4. The molecule has 0 saturated carbocycles. The van der Waals surface area contributed by atoms with Gasteiger partial charge in [-0.2, -0.15) is 0 Å². The van der Waals surface area contributed by atoms with Crippen LogP contribution in [0.5, 0.6) is 5.88 Å². The van der Waals surface area contributed by atoms with Crippen molar-refractivity contribution in [2.45, 2.75) is 50.8 Å². The van der Waals surface area contributed by atoms with Crippen LogP contribution in [0.3, 0.4) is 0 Å². The number of primary sulfonamides is 1. The second-order valence-electron chi connectivity index (χ2n) is 8.80. The van der Waals surface area contributed by atoms with E-state index in [1.165, 1.54) is 22.8 Å². The first kappa shape index (κ1) is 23.0. The molecule has 6 heteroatoms. The maximum absolute atomic E-state index is 11.7. The van der Waals surface area contributed by atoms with Crippen LogP contribution in [-0.4, -0.2) is 20.0 Å². The summed E-state index contributed by atoms with van der Waals surface area (Å²) >= 11 is 0. The van der Waals surface area contributed by atoms with E-state index in [0.29, 0.717) is 18.4 Å². The summed E-state index contributed by atoms with van der Waals surface area (Å²) in [5.74, 6) is 0.980. The third kappa shape index (κ3) is 5.32. The fourth-order valence-electron chi connectivity index (χ4n) is 3.68. The summed E-state index contributed by atoms with van der Waals surface area (Å²) in [6, 6.07) is 17.0. The largest absolute Gasteiger partial charge is 0.477 e. The van der Waals surface area contributed by atoms with Gasteiger partial charge in [0, 0.05) is 17.7 Å². The third-order valence-electron chi connectivity index (χ3n) is 5.57. The van der Waals surface area contributed by atoms with E-state index in [0.717, 1.165) is 11.1 Å². The molecule has 3 aromatic rings. The van der Waals surface area contributed by atoms with E-state index in [4.69, 9.17) is 9.88 Å². The van der Waals surface area contributed by atoms with Crippen LogP contribution in [0.1, 0.15) is 50.3 Å². The van der Waals surface area contributed by atoms with Crippen molar-refractivity contribution in [3.8, 4) is 17.0 Å². The Morgan fingerprint density at radius 2 is 1.77 bits per heavy atom. The van der Waals surface area contributed by atoms with Gasteiger partial charge < -0.3 is 4.74 Å². The number of sulfonamides is 1. The van der Waals surface area contributed by atoms with Gasteiger partial charge in [0.05, 0.1) is 11.5 Å². The van der Waals surface area contributed by atoms with E-state index in [9.17, 15) is 8.42 Å². The highest BCUT2D eigenvalue weighted by Gasteiger charge is 2.24. The maximum Gasteiger partial charge on any atom is 0.238 e. The Morgan fingerprint density at radius 1 is 1.06 bits per heavy atom. The summed E-state index contributed by atoms with van der Waals surface area (Å²) in [6.45, 7) is 10.9. The van der Waals surface area contributed by atoms with Gasteiger partial charge in [0.2, 0.25) is 15.9 Å². The fourth-order valence-corrected chi connectivity index (χ4v) is 4.24. The van der Waals surface area contributed by atoms with Crippen molar-refractivity contribution in [3.63, 3.8) is 0 Å². The normalized spacial score (nSPS) is 12.2. The number of ether oxygens (including phenoxy) is 1. The monoisotopic (exact) mass is 438 g/mol. The molecule has 3 rings (SSSR count). The first-order chi connectivity index (χ1) is 14.5. The first-order valence-electron chi connectivity index (χ1n) is 10.3. The predicted molar refractivity (Wildman–Crippen MR) is 125 cm³/mol. The van der Waals surface area contributed by atoms with E-state index in [-0.39, 0.29) is 4.90 Å². The lowest BCUT2D eigenvalue weighted by Crippen LogP contribution is -2.27. The van der Waals surface area contributed by atoms with E-state index in [1.54, 1.807) is 18.3 Å². The molecule has 5 nitrogen and oxygen atoms in total. The summed E-state index contributed by atoms with van der Waals surface area (Å²) in [4.78, 5) is 4.46. The van der Waals surface area contributed by atoms with Crippen molar-refractivity contribution in [1.29, 1.82) is 0 Å². The molecule has 0 saturated heterocycles. The minimum absolute atomic E-state index is 0.0960. The van der Waals surface area contributed by atoms with Gasteiger partial charge >= 0.3 is 0 Å². The number of benzene rings is 2. The number of rotatable bonds is 7. The van der Waals surface area contributed by atoms with Crippen LogP contribution in [0, 0.1) is 6.92 Å². The Labute approximate surface area is 185 Å². The van der Waals surface area contributed by atoms with Crippen LogP contribution in [0.25, 0.3) is 11.1 Å². The molecule has 164 valence electrons. The summed E-state index contributed by atoms with van der Waals surface area (Å²) in [5.41, 5.74) is 5.20. The Kier molecular flexibility index (Phi) is 6.53. The number of hydrogen-bond donors (Lipinski definition) is 1. The van der Waals surface area contributed by atoms with E-state index in [1.807, 2.05) is 32.0 Å². The zero-order chi connectivity index (χ0) is 22.8. The quantitative estimate of drug-likeness (QED) is 0.551. The molecule has 0 aliphatic heterocycles. The lowest BCUT2D eigenvalue weighted by Gasteiger charge is -2.25. The molecular weight excluding hydrogens is 408 g/mol. The molecule has 2 N–H and O–H groups in total. The van der Waals surface area contributed by atoms with Crippen LogP contribution >= 0.6 is 0 Å². The van der Waals surface area contributed by atoms with E-state index >= 15 is 0 Å². The molecule has 31 heavy (non-hydrogen) atoms. The second kappa shape index (κ2) is 8.81. The molecule has 0 radical (unpaired) electrons. The molecule has 0 amide bonds. The van der Waals surface area contributed by atoms with Crippen LogP contribution < -0.4 is 9.88 Å². The molecule has 0 fully saturated rings. The van der Waals surface area contributed by atoms with E-state index < -0.39 is 15.4 Å². The Balaban J connectivity index is 1.83. The summed E-state index contributed by atoms with van der Waals surface area (Å²) < 4.78 is 29.4. The van der Waals surface area contributed by atoms with Gasteiger partial charge in [0.25, 0.3) is 0 Å². The Morgan fingerprint density at radius 3 is 2.45 bits per heavy atom. The summed E-state index contributed by atoms with van der Waals surface area (Å²) in [6.07, 6.45) is 1.75. The smallest absolute Gasteiger partial charge is 0.238 e. The highest BCUT2D eigenvalue weighted by molar-refractivity contribution is 7.89. The van der Waals surface area contributed by atoms with Gasteiger partial charge in [0.15, 0.2) is 0 Å². The molecule has 0 unspecified atom stereocenters. The minimum Gasteiger partial charge on any atom is -0.477 e. The van der Waals surface area contributed by atoms with Crippen molar-refractivity contribution in [3.05, 3.63) is 77.5 Å². The molecule has 0 aliphatic rings. The predicted octanol–water partition coefficient (Wildman–Crippen LogP) is 5.18. The molecule has 0 atom stereocenters. The van der Waals surface area contributed by atoms with Crippen LogP contribution in [0.15, 0.2) is 65.7 Å². The van der Waals surface area contributed by atoms with Crippen LogP contribution in [0.2, 0.25) is 0 Å². The van der Waals surface area contributed by atoms with Crippen LogP contribution in [-0.2, 0) is 15.4 Å². The molecule has 1 aromatic heterocycles. The third-order valence-corrected chi connectivity index (χ3v) is 6.48. The molecule has 0 spiro atoms. The highest BCUT2D eigenvalue weighted by Crippen LogP contribution is 2.31. The standard InChI is InChI=1S/C25H30N2O3S/c1-17(2)22-10-7-11-23(18(22)3)19-12-13-27-24(14-19)30-16-25(4,5)20-8-6-9-21(15-20)31(26,28)29/h6-15,17H,16H2,1-5H3,(H2,26,28,29). The maximum atomic E-state index is 11.7. The van der Waals surface area contributed by atoms with Crippen molar-refractivity contribution in [2.75, 3.05) is 6.61 Å². The summed E-state index contributed by atoms with van der Waals surface area (Å²) in [5, 5.41) is 5.28. The second-order valence-corrected chi connectivity index (χ2v) is 10.4. The van der Waals surface area contributed by atoms with Crippen molar-refractivity contribution in [1.82, 2.24) is 4.98 Å². The van der Waals surface area contributed by atoms with Gasteiger partial charge in [0.1, 0.15) is 0 Å². The Hall–Kier alpha value is -2.70.